The minimum absolute atomic E-state index is 0.275. The van der Waals surface area contributed by atoms with Crippen LogP contribution < -0.4 is 10.1 Å². The van der Waals surface area contributed by atoms with E-state index in [1.807, 2.05) is 43.3 Å². The Morgan fingerprint density at radius 3 is 2.65 bits per heavy atom. The van der Waals surface area contributed by atoms with Gasteiger partial charge in [0.05, 0.1) is 4.47 Å². The number of nitrogens with zero attached hydrogens (tertiary/aromatic N) is 1. The summed E-state index contributed by atoms with van der Waals surface area (Å²) in [7, 11) is 0. The van der Waals surface area contributed by atoms with E-state index in [0.29, 0.717) is 18.9 Å². The second-order valence-corrected chi connectivity index (χ2v) is 6.86. The van der Waals surface area contributed by atoms with Crippen LogP contribution in [0.1, 0.15) is 23.6 Å². The number of benzene rings is 2. The average molecular weight is 415 g/mol. The SMILES string of the molecule is CCN1C(=O)N/C(=C/c2ccc(OCc3cccc(C)c3)c(Br)c2)C1=O. The third-order valence-electron chi connectivity index (χ3n) is 4.02. The highest BCUT2D eigenvalue weighted by Crippen LogP contribution is 2.28. The Morgan fingerprint density at radius 1 is 1.19 bits per heavy atom. The van der Waals surface area contributed by atoms with Gasteiger partial charge in [-0.3, -0.25) is 9.69 Å². The number of likely N-dealkylation sites (N-methyl/N-ethyl adjacent to an activating group) is 1. The molecule has 1 aliphatic heterocycles. The predicted octanol–water partition coefficient (Wildman–Crippen LogP) is 4.25. The minimum Gasteiger partial charge on any atom is -0.488 e. The van der Waals surface area contributed by atoms with E-state index in [1.165, 1.54) is 10.5 Å². The molecule has 1 fully saturated rings. The van der Waals surface area contributed by atoms with Gasteiger partial charge >= 0.3 is 6.03 Å². The van der Waals surface area contributed by atoms with Gasteiger partial charge in [0.2, 0.25) is 0 Å². The lowest BCUT2D eigenvalue weighted by atomic mass is 10.1. The highest BCUT2D eigenvalue weighted by Gasteiger charge is 2.31. The van der Waals surface area contributed by atoms with Crippen molar-refractivity contribution in [1.29, 1.82) is 0 Å². The second-order valence-electron chi connectivity index (χ2n) is 6.01. The van der Waals surface area contributed by atoms with Crippen molar-refractivity contribution in [2.75, 3.05) is 6.54 Å². The first-order valence-electron chi connectivity index (χ1n) is 8.30. The molecule has 0 spiro atoms. The van der Waals surface area contributed by atoms with Crippen LogP contribution in [0.25, 0.3) is 6.08 Å². The number of halogens is 1. The van der Waals surface area contributed by atoms with E-state index in [-0.39, 0.29) is 17.6 Å². The number of carbonyl (C=O) groups is 2. The molecule has 2 aromatic carbocycles. The third kappa shape index (κ3) is 3.96. The summed E-state index contributed by atoms with van der Waals surface area (Å²) in [6.45, 7) is 4.63. The van der Waals surface area contributed by atoms with Gasteiger partial charge in [0.1, 0.15) is 18.1 Å². The van der Waals surface area contributed by atoms with Crippen LogP contribution in [-0.4, -0.2) is 23.4 Å². The second kappa shape index (κ2) is 7.74. The van der Waals surface area contributed by atoms with Crippen molar-refractivity contribution < 1.29 is 14.3 Å². The summed E-state index contributed by atoms with van der Waals surface area (Å²) in [5.74, 6) is 0.402. The van der Waals surface area contributed by atoms with E-state index in [0.717, 1.165) is 15.6 Å². The third-order valence-corrected chi connectivity index (χ3v) is 4.64. The van der Waals surface area contributed by atoms with Crippen molar-refractivity contribution in [1.82, 2.24) is 10.2 Å². The number of urea groups is 1. The number of rotatable bonds is 5. The summed E-state index contributed by atoms with van der Waals surface area (Å²) in [5, 5.41) is 2.59. The smallest absolute Gasteiger partial charge is 0.328 e. The number of nitrogens with one attached hydrogen (secondary N) is 1. The lowest BCUT2D eigenvalue weighted by molar-refractivity contribution is -0.122. The molecule has 0 saturated carbocycles. The molecule has 3 amide bonds. The molecule has 0 aromatic heterocycles. The number of ether oxygens (including phenoxy) is 1. The van der Waals surface area contributed by atoms with Crippen LogP contribution in [0.5, 0.6) is 5.75 Å². The van der Waals surface area contributed by atoms with Gasteiger partial charge in [-0.05, 0) is 59.1 Å². The van der Waals surface area contributed by atoms with Crippen LogP contribution in [0, 0.1) is 6.92 Å². The van der Waals surface area contributed by atoms with Crippen molar-refractivity contribution >= 4 is 33.9 Å². The highest BCUT2D eigenvalue weighted by molar-refractivity contribution is 9.10. The molecule has 1 saturated heterocycles. The normalized spacial score (nSPS) is 15.5. The Hall–Kier alpha value is -2.60. The maximum atomic E-state index is 12.1. The minimum atomic E-state index is -0.388. The van der Waals surface area contributed by atoms with Crippen LogP contribution in [0.2, 0.25) is 0 Å². The number of aryl methyl sites for hydroxylation is 1. The Kier molecular flexibility index (Phi) is 5.42. The summed E-state index contributed by atoms with van der Waals surface area (Å²) >= 11 is 3.50. The monoisotopic (exact) mass is 414 g/mol. The van der Waals surface area contributed by atoms with E-state index < -0.39 is 0 Å². The fourth-order valence-corrected chi connectivity index (χ4v) is 3.22. The van der Waals surface area contributed by atoms with Gasteiger partial charge in [-0.1, -0.05) is 35.9 Å². The first-order chi connectivity index (χ1) is 12.5. The topological polar surface area (TPSA) is 58.6 Å². The molecule has 0 atom stereocenters. The first-order valence-corrected chi connectivity index (χ1v) is 9.09. The Morgan fingerprint density at radius 2 is 2.00 bits per heavy atom. The van der Waals surface area contributed by atoms with Gasteiger partial charge in [0, 0.05) is 6.54 Å². The van der Waals surface area contributed by atoms with E-state index >= 15 is 0 Å². The molecule has 0 unspecified atom stereocenters. The molecule has 1 N–H and O–H groups in total. The van der Waals surface area contributed by atoms with E-state index in [2.05, 4.69) is 27.3 Å². The molecule has 134 valence electrons. The van der Waals surface area contributed by atoms with Gasteiger partial charge in [-0.2, -0.15) is 0 Å². The zero-order valence-corrected chi connectivity index (χ0v) is 16.2. The van der Waals surface area contributed by atoms with Gasteiger partial charge in [0.25, 0.3) is 5.91 Å². The molecule has 2 aromatic rings. The highest BCUT2D eigenvalue weighted by atomic mass is 79.9. The number of carbonyl (C=O) groups excluding carboxylic acids is 2. The molecule has 26 heavy (non-hydrogen) atoms. The van der Waals surface area contributed by atoms with E-state index in [9.17, 15) is 9.59 Å². The number of imide groups is 1. The summed E-state index contributed by atoms with van der Waals surface area (Å²) in [5.41, 5.74) is 3.36. The quantitative estimate of drug-likeness (QED) is 0.587. The van der Waals surface area contributed by atoms with Crippen molar-refractivity contribution in [3.05, 3.63) is 69.3 Å². The van der Waals surface area contributed by atoms with E-state index in [4.69, 9.17) is 4.74 Å². The fraction of sp³-hybridized carbons (Fsp3) is 0.200. The lowest BCUT2D eigenvalue weighted by Gasteiger charge is -2.10. The van der Waals surface area contributed by atoms with Crippen LogP contribution in [0.4, 0.5) is 4.79 Å². The van der Waals surface area contributed by atoms with Gasteiger partial charge in [-0.25, -0.2) is 4.79 Å². The Bertz CT molecular complexity index is 892. The van der Waals surface area contributed by atoms with Gasteiger partial charge in [-0.15, -0.1) is 0 Å². The van der Waals surface area contributed by atoms with Crippen LogP contribution in [-0.2, 0) is 11.4 Å². The maximum Gasteiger partial charge on any atom is 0.328 e. The van der Waals surface area contributed by atoms with Crippen LogP contribution in [0.3, 0.4) is 0 Å². The molecule has 0 radical (unpaired) electrons. The lowest BCUT2D eigenvalue weighted by Crippen LogP contribution is -2.30. The Labute approximate surface area is 160 Å². The number of hydrogen-bond donors (Lipinski definition) is 1. The summed E-state index contributed by atoms with van der Waals surface area (Å²) < 4.78 is 6.64. The number of amides is 3. The van der Waals surface area contributed by atoms with Crippen molar-refractivity contribution in [2.24, 2.45) is 0 Å². The van der Waals surface area contributed by atoms with Crippen molar-refractivity contribution in [2.45, 2.75) is 20.5 Å². The van der Waals surface area contributed by atoms with Crippen molar-refractivity contribution in [3.63, 3.8) is 0 Å². The predicted molar refractivity (Wildman–Crippen MR) is 104 cm³/mol. The molecule has 0 aliphatic carbocycles. The summed E-state index contributed by atoms with van der Waals surface area (Å²) in [6, 6.07) is 13.3. The zero-order chi connectivity index (χ0) is 18.7. The standard InChI is InChI=1S/C20H19BrN2O3/c1-3-23-19(24)17(22-20(23)25)11-14-7-8-18(16(21)10-14)26-12-15-6-4-5-13(2)9-15/h4-11H,3,12H2,1-2H3,(H,22,25)/b17-11+. The molecule has 0 bridgehead atoms. The average Bonchev–Trinajstić information content (AvgIpc) is 2.87. The van der Waals surface area contributed by atoms with Crippen LogP contribution >= 0.6 is 15.9 Å². The molecule has 5 nitrogen and oxygen atoms in total. The maximum absolute atomic E-state index is 12.1. The van der Waals surface area contributed by atoms with Crippen LogP contribution in [0.15, 0.2) is 52.6 Å². The first kappa shape index (κ1) is 18.2. The van der Waals surface area contributed by atoms with Gasteiger partial charge in [0.15, 0.2) is 0 Å². The summed E-state index contributed by atoms with van der Waals surface area (Å²) in [6.07, 6.45) is 1.66. The zero-order valence-electron chi connectivity index (χ0n) is 14.6. The molecule has 3 rings (SSSR count). The molecule has 1 aliphatic rings. The fourth-order valence-electron chi connectivity index (χ4n) is 2.71. The van der Waals surface area contributed by atoms with Gasteiger partial charge < -0.3 is 10.1 Å². The molecule has 6 heteroatoms. The molecule has 1 heterocycles. The van der Waals surface area contributed by atoms with Crippen molar-refractivity contribution in [3.8, 4) is 5.75 Å². The Balaban J connectivity index is 1.73. The molecular formula is C20H19BrN2O3. The largest absolute Gasteiger partial charge is 0.488 e. The molecular weight excluding hydrogens is 396 g/mol. The van der Waals surface area contributed by atoms with E-state index in [1.54, 1.807) is 13.0 Å². The number of hydrogen-bond acceptors (Lipinski definition) is 3. The summed E-state index contributed by atoms with van der Waals surface area (Å²) in [4.78, 5) is 25.0.